The Morgan fingerprint density at radius 1 is 1.33 bits per heavy atom. The second-order valence-electron chi connectivity index (χ2n) is 4.37. The molecule has 0 bridgehead atoms. The molecule has 0 amide bonds. The van der Waals surface area contributed by atoms with Gasteiger partial charge in [0.1, 0.15) is 0 Å². The van der Waals surface area contributed by atoms with Crippen LogP contribution in [0.4, 0.5) is 0 Å². The number of aromatic nitrogens is 3. The van der Waals surface area contributed by atoms with Gasteiger partial charge in [0.05, 0.1) is 17.4 Å². The molecule has 1 unspecified atom stereocenters. The van der Waals surface area contributed by atoms with Crippen LogP contribution in [0.2, 0.25) is 0 Å². The molecule has 1 rings (SSSR count). The lowest BCUT2D eigenvalue weighted by molar-refractivity contribution is 0.357. The van der Waals surface area contributed by atoms with Gasteiger partial charge in [0.15, 0.2) is 0 Å². The predicted octanol–water partition coefficient (Wildman–Crippen LogP) is 1.91. The molecule has 2 N–H and O–H groups in total. The summed E-state index contributed by atoms with van der Waals surface area (Å²) in [6.07, 6.45) is 2.11. The minimum atomic E-state index is 0.388. The average Bonchev–Trinajstić information content (AvgIpc) is 2.60. The molecule has 0 aromatic carbocycles. The zero-order valence-electron chi connectivity index (χ0n) is 10.2. The summed E-state index contributed by atoms with van der Waals surface area (Å²) in [4.78, 5) is 0. The van der Waals surface area contributed by atoms with Gasteiger partial charge in [-0.05, 0) is 19.3 Å². The highest BCUT2D eigenvalue weighted by atomic mass is 15.4. The lowest BCUT2D eigenvalue weighted by Crippen LogP contribution is -2.16. The molecule has 15 heavy (non-hydrogen) atoms. The van der Waals surface area contributed by atoms with Gasteiger partial charge in [-0.25, -0.2) is 4.68 Å². The van der Waals surface area contributed by atoms with Crippen molar-refractivity contribution in [1.82, 2.24) is 15.0 Å². The Balaban J connectivity index is 3.01. The molecule has 0 spiro atoms. The smallest absolute Gasteiger partial charge is 0.0994 e. The van der Waals surface area contributed by atoms with Crippen molar-refractivity contribution in [3.63, 3.8) is 0 Å². The molecule has 0 aliphatic heterocycles. The maximum absolute atomic E-state index is 5.65. The van der Waals surface area contributed by atoms with E-state index in [4.69, 9.17) is 5.73 Å². The zero-order chi connectivity index (χ0) is 11.4. The molecule has 1 aromatic heterocycles. The summed E-state index contributed by atoms with van der Waals surface area (Å²) >= 11 is 0. The van der Waals surface area contributed by atoms with Gasteiger partial charge in [0.2, 0.25) is 0 Å². The number of hydrogen-bond acceptors (Lipinski definition) is 3. The van der Waals surface area contributed by atoms with Gasteiger partial charge in [0, 0.05) is 6.54 Å². The van der Waals surface area contributed by atoms with E-state index in [9.17, 15) is 0 Å². The van der Waals surface area contributed by atoms with Gasteiger partial charge in [-0.15, -0.1) is 5.10 Å². The molecule has 0 radical (unpaired) electrons. The largest absolute Gasteiger partial charge is 0.325 e. The van der Waals surface area contributed by atoms with Crippen molar-refractivity contribution in [2.75, 3.05) is 0 Å². The number of nitrogens with two attached hydrogens (primary N) is 1. The second kappa shape index (κ2) is 5.26. The third kappa shape index (κ3) is 2.56. The molecule has 4 heteroatoms. The van der Waals surface area contributed by atoms with E-state index in [2.05, 4.69) is 38.0 Å². The molecule has 0 saturated heterocycles. The summed E-state index contributed by atoms with van der Waals surface area (Å²) in [6, 6.07) is 0.388. The summed E-state index contributed by atoms with van der Waals surface area (Å²) in [7, 11) is 0. The highest BCUT2D eigenvalue weighted by Gasteiger charge is 2.17. The van der Waals surface area contributed by atoms with Crippen LogP contribution in [0.25, 0.3) is 0 Å². The lowest BCUT2D eigenvalue weighted by atomic mass is 10.1. The van der Waals surface area contributed by atoms with E-state index < -0.39 is 0 Å². The van der Waals surface area contributed by atoms with Crippen LogP contribution in [0, 0.1) is 5.92 Å². The molecule has 86 valence electrons. The molecule has 1 aromatic rings. The van der Waals surface area contributed by atoms with Crippen molar-refractivity contribution < 1.29 is 0 Å². The lowest BCUT2D eigenvalue weighted by Gasteiger charge is -2.18. The minimum absolute atomic E-state index is 0.388. The van der Waals surface area contributed by atoms with Crippen LogP contribution in [0.5, 0.6) is 0 Å². The molecule has 0 aliphatic rings. The van der Waals surface area contributed by atoms with Gasteiger partial charge in [-0.3, -0.25) is 0 Å². The van der Waals surface area contributed by atoms with E-state index >= 15 is 0 Å². The number of rotatable bonds is 5. The summed E-state index contributed by atoms with van der Waals surface area (Å²) in [6.45, 7) is 9.23. The van der Waals surface area contributed by atoms with Crippen molar-refractivity contribution >= 4 is 0 Å². The summed E-state index contributed by atoms with van der Waals surface area (Å²) < 4.78 is 2.04. The molecule has 0 fully saturated rings. The van der Waals surface area contributed by atoms with Crippen molar-refractivity contribution in [3.05, 3.63) is 11.4 Å². The van der Waals surface area contributed by atoms with Crippen LogP contribution in [-0.2, 0) is 13.0 Å². The number of nitrogens with zero attached hydrogens (tertiary/aromatic N) is 3. The van der Waals surface area contributed by atoms with E-state index in [-0.39, 0.29) is 0 Å². The standard InChI is InChI=1S/C11H22N4/c1-5-6-11-10(7-12)13-14-15(11)9(4)8(2)3/h8-9H,5-7,12H2,1-4H3. The molecule has 0 aliphatic carbocycles. The van der Waals surface area contributed by atoms with Crippen LogP contribution in [-0.4, -0.2) is 15.0 Å². The van der Waals surface area contributed by atoms with Crippen LogP contribution >= 0.6 is 0 Å². The first kappa shape index (κ1) is 12.2. The van der Waals surface area contributed by atoms with E-state index in [1.165, 1.54) is 5.69 Å². The molecular weight excluding hydrogens is 188 g/mol. The fourth-order valence-electron chi connectivity index (χ4n) is 1.61. The van der Waals surface area contributed by atoms with E-state index in [1.807, 2.05) is 4.68 Å². The summed E-state index contributed by atoms with van der Waals surface area (Å²) in [5, 5.41) is 8.36. The normalized spacial score (nSPS) is 13.5. The topological polar surface area (TPSA) is 56.7 Å². The van der Waals surface area contributed by atoms with E-state index in [0.29, 0.717) is 18.5 Å². The maximum Gasteiger partial charge on any atom is 0.0994 e. The van der Waals surface area contributed by atoms with Gasteiger partial charge >= 0.3 is 0 Å². The third-order valence-corrected chi connectivity index (χ3v) is 2.90. The molecular formula is C11H22N4. The molecule has 1 atom stereocenters. The Morgan fingerprint density at radius 2 is 2.00 bits per heavy atom. The van der Waals surface area contributed by atoms with E-state index in [0.717, 1.165) is 18.5 Å². The van der Waals surface area contributed by atoms with E-state index in [1.54, 1.807) is 0 Å². The highest BCUT2D eigenvalue weighted by molar-refractivity contribution is 5.10. The van der Waals surface area contributed by atoms with Crippen molar-refractivity contribution in [3.8, 4) is 0 Å². The predicted molar refractivity (Wildman–Crippen MR) is 61.5 cm³/mol. The first-order chi connectivity index (χ1) is 7.11. The maximum atomic E-state index is 5.65. The SMILES string of the molecule is CCCc1c(CN)nnn1C(C)C(C)C. The minimum Gasteiger partial charge on any atom is -0.325 e. The van der Waals surface area contributed by atoms with Gasteiger partial charge in [-0.1, -0.05) is 32.4 Å². The molecule has 0 saturated carbocycles. The Labute approximate surface area is 91.9 Å². The van der Waals surface area contributed by atoms with Crippen LogP contribution in [0.3, 0.4) is 0 Å². The fraction of sp³-hybridized carbons (Fsp3) is 0.818. The van der Waals surface area contributed by atoms with Crippen molar-refractivity contribution in [2.45, 2.75) is 53.1 Å². The second-order valence-corrected chi connectivity index (χ2v) is 4.37. The van der Waals surface area contributed by atoms with Gasteiger partial charge < -0.3 is 5.73 Å². The van der Waals surface area contributed by atoms with Crippen molar-refractivity contribution in [2.24, 2.45) is 11.7 Å². The Bertz CT molecular complexity index is 304. The quantitative estimate of drug-likeness (QED) is 0.807. The zero-order valence-corrected chi connectivity index (χ0v) is 10.2. The monoisotopic (exact) mass is 210 g/mol. The Hall–Kier alpha value is -0.900. The first-order valence-electron chi connectivity index (χ1n) is 5.74. The summed E-state index contributed by atoms with van der Waals surface area (Å²) in [5.41, 5.74) is 7.81. The van der Waals surface area contributed by atoms with Gasteiger partial charge in [-0.2, -0.15) is 0 Å². The number of hydrogen-bond donors (Lipinski definition) is 1. The van der Waals surface area contributed by atoms with Crippen LogP contribution < -0.4 is 5.73 Å². The molecule has 4 nitrogen and oxygen atoms in total. The molecule has 1 heterocycles. The van der Waals surface area contributed by atoms with Crippen molar-refractivity contribution in [1.29, 1.82) is 0 Å². The van der Waals surface area contributed by atoms with Crippen LogP contribution in [0.1, 0.15) is 51.5 Å². The fourth-order valence-corrected chi connectivity index (χ4v) is 1.61. The highest BCUT2D eigenvalue weighted by Crippen LogP contribution is 2.20. The average molecular weight is 210 g/mol. The van der Waals surface area contributed by atoms with Gasteiger partial charge in [0.25, 0.3) is 0 Å². The summed E-state index contributed by atoms with van der Waals surface area (Å²) in [5.74, 6) is 0.563. The Morgan fingerprint density at radius 3 is 2.47 bits per heavy atom. The first-order valence-corrected chi connectivity index (χ1v) is 5.74. The van der Waals surface area contributed by atoms with Crippen LogP contribution in [0.15, 0.2) is 0 Å². The third-order valence-electron chi connectivity index (χ3n) is 2.90. The Kier molecular flexibility index (Phi) is 4.27.